The zero-order valence-corrected chi connectivity index (χ0v) is 31.5. The summed E-state index contributed by atoms with van der Waals surface area (Å²) in [5, 5.41) is 0. The summed E-state index contributed by atoms with van der Waals surface area (Å²) in [4.78, 5) is 42.7. The standard InChI is InChI=1S/C16H38O5Si4.C12H13N3O2/c1-13-15(18-16(17)14(2)3)25(19-22(4,5)6,20-23(7,8)9)21-24(10,11)12;16-9-7-8(13-1-2-13)12(17)11(15-5-6-15)10(9)14-3-4-14/h15H,2,13H2,1,3-12H3;7H,1-6H2. The first-order valence-corrected chi connectivity index (χ1v) is 27.0. The molecule has 1 unspecified atom stereocenters. The van der Waals surface area contributed by atoms with Gasteiger partial charge >= 0.3 is 14.8 Å². The molecule has 0 spiro atoms. The summed E-state index contributed by atoms with van der Waals surface area (Å²) >= 11 is 0. The Morgan fingerprint density at radius 1 is 0.786 bits per heavy atom. The highest BCUT2D eigenvalue weighted by molar-refractivity contribution is 6.90. The van der Waals surface area contributed by atoms with Gasteiger partial charge in [0.15, 0.2) is 30.7 Å². The Labute approximate surface area is 256 Å². The minimum absolute atomic E-state index is 0.00546. The van der Waals surface area contributed by atoms with E-state index in [1.807, 2.05) is 21.6 Å². The van der Waals surface area contributed by atoms with E-state index < -0.39 is 45.5 Å². The monoisotopic (exact) mass is 653 g/mol. The fourth-order valence-electron chi connectivity index (χ4n) is 4.45. The molecule has 3 saturated heterocycles. The van der Waals surface area contributed by atoms with Crippen molar-refractivity contribution in [3.63, 3.8) is 0 Å². The molecular formula is C28H51N3O7Si4. The van der Waals surface area contributed by atoms with Gasteiger partial charge in [0.05, 0.1) is 5.70 Å². The lowest BCUT2D eigenvalue weighted by Gasteiger charge is -2.45. The average Bonchev–Trinajstić information content (AvgIpc) is 3.65. The van der Waals surface area contributed by atoms with E-state index in [0.29, 0.717) is 29.1 Å². The minimum atomic E-state index is -3.24. The molecule has 3 fully saturated rings. The van der Waals surface area contributed by atoms with Gasteiger partial charge in [-0.25, -0.2) is 4.79 Å². The molecule has 0 aromatic rings. The lowest BCUT2D eigenvalue weighted by molar-refractivity contribution is -0.143. The summed E-state index contributed by atoms with van der Waals surface area (Å²) in [6, 6.07) is 0. The number of ether oxygens (including phenoxy) is 1. The molecule has 3 heterocycles. The molecule has 10 nitrogen and oxygen atoms in total. The number of carbonyl (C=O) groups excluding carboxylic acids is 3. The number of esters is 1. The van der Waals surface area contributed by atoms with Crippen LogP contribution in [0.1, 0.15) is 20.3 Å². The van der Waals surface area contributed by atoms with Gasteiger partial charge in [-0.1, -0.05) is 13.5 Å². The highest BCUT2D eigenvalue weighted by atomic mass is 28.5. The fourth-order valence-corrected chi connectivity index (χ4v) is 18.6. The molecule has 1 aliphatic carbocycles. The largest absolute Gasteiger partial charge is 0.512 e. The van der Waals surface area contributed by atoms with Crippen LogP contribution in [-0.2, 0) is 31.5 Å². The molecule has 1 atom stereocenters. The van der Waals surface area contributed by atoms with Crippen molar-refractivity contribution in [2.45, 2.75) is 84.9 Å². The normalized spacial score (nSPS) is 19.7. The van der Waals surface area contributed by atoms with Crippen molar-refractivity contribution in [2.24, 2.45) is 0 Å². The summed E-state index contributed by atoms with van der Waals surface area (Å²) in [6.07, 6.45) is 2.11. The van der Waals surface area contributed by atoms with Gasteiger partial charge < -0.3 is 31.8 Å². The van der Waals surface area contributed by atoms with Gasteiger partial charge in [-0.2, -0.15) is 0 Å². The second-order valence-electron chi connectivity index (χ2n) is 14.2. The van der Waals surface area contributed by atoms with Crippen LogP contribution in [0, 0.1) is 0 Å². The number of allylic oxidation sites excluding steroid dienone is 1. The Hall–Kier alpha value is -1.82. The molecular weight excluding hydrogens is 603 g/mol. The Kier molecular flexibility index (Phi) is 10.4. The Bertz CT molecular complexity index is 1110. The number of hydrogen-bond acceptors (Lipinski definition) is 10. The zero-order valence-electron chi connectivity index (χ0n) is 27.5. The van der Waals surface area contributed by atoms with E-state index in [2.05, 4.69) is 65.5 Å². The molecule has 0 radical (unpaired) electrons. The lowest BCUT2D eigenvalue weighted by Crippen LogP contribution is -2.67. The summed E-state index contributed by atoms with van der Waals surface area (Å²) in [5.74, 6) is -0.367. The molecule has 0 bridgehead atoms. The first-order chi connectivity index (χ1) is 19.2. The highest BCUT2D eigenvalue weighted by Gasteiger charge is 2.57. The molecule has 236 valence electrons. The van der Waals surface area contributed by atoms with Crippen molar-refractivity contribution in [3.05, 3.63) is 35.3 Å². The van der Waals surface area contributed by atoms with Gasteiger partial charge in [0.1, 0.15) is 11.4 Å². The van der Waals surface area contributed by atoms with Gasteiger partial charge in [0.2, 0.25) is 11.6 Å². The molecule has 0 saturated carbocycles. The third-order valence-electron chi connectivity index (χ3n) is 6.20. The average molecular weight is 654 g/mol. The first kappa shape index (κ1) is 34.7. The molecule has 14 heteroatoms. The van der Waals surface area contributed by atoms with Crippen LogP contribution in [0.4, 0.5) is 0 Å². The van der Waals surface area contributed by atoms with Crippen molar-refractivity contribution in [1.29, 1.82) is 0 Å². The van der Waals surface area contributed by atoms with Crippen LogP contribution in [0.15, 0.2) is 35.3 Å². The van der Waals surface area contributed by atoms with Crippen LogP contribution in [0.3, 0.4) is 0 Å². The Morgan fingerprint density at radius 3 is 1.52 bits per heavy atom. The number of rotatable bonds is 13. The quantitative estimate of drug-likeness (QED) is 0.0951. The first-order valence-electron chi connectivity index (χ1n) is 14.9. The van der Waals surface area contributed by atoms with Crippen LogP contribution in [-0.4, -0.2) is 111 Å². The summed E-state index contributed by atoms with van der Waals surface area (Å²) in [6.45, 7) is 31.8. The maximum Gasteiger partial charge on any atom is 0.512 e. The van der Waals surface area contributed by atoms with E-state index in [9.17, 15) is 14.4 Å². The number of hydrogen-bond donors (Lipinski definition) is 0. The van der Waals surface area contributed by atoms with Crippen molar-refractivity contribution < 1.29 is 31.5 Å². The van der Waals surface area contributed by atoms with E-state index in [1.165, 1.54) is 6.08 Å². The van der Waals surface area contributed by atoms with E-state index >= 15 is 0 Å². The molecule has 4 rings (SSSR count). The molecule has 0 N–H and O–H groups in total. The lowest BCUT2D eigenvalue weighted by atomic mass is 10.0. The number of Topliss-reactive ketones (excluding diaryl/α,β-unsaturated/α-hetero) is 1. The highest BCUT2D eigenvalue weighted by Crippen LogP contribution is 2.34. The van der Waals surface area contributed by atoms with Gasteiger partial charge in [-0.15, -0.1) is 0 Å². The molecule has 4 aliphatic rings. The second-order valence-corrected chi connectivity index (χ2v) is 31.2. The summed E-state index contributed by atoms with van der Waals surface area (Å²) in [7, 11) is -9.26. The van der Waals surface area contributed by atoms with E-state index in [1.54, 1.807) is 6.92 Å². The fraction of sp³-hybridized carbons (Fsp3) is 0.679. The Morgan fingerprint density at radius 2 is 1.19 bits per heavy atom. The second kappa shape index (κ2) is 12.7. The molecule has 3 aliphatic heterocycles. The number of ketones is 2. The molecule has 0 aromatic heterocycles. The molecule has 0 aromatic carbocycles. The topological polar surface area (TPSA) is 97.2 Å². The van der Waals surface area contributed by atoms with Crippen LogP contribution in [0.5, 0.6) is 0 Å². The summed E-state index contributed by atoms with van der Waals surface area (Å²) < 4.78 is 25.6. The van der Waals surface area contributed by atoms with Crippen molar-refractivity contribution in [1.82, 2.24) is 14.7 Å². The predicted molar refractivity (Wildman–Crippen MR) is 174 cm³/mol. The SMILES string of the molecule is C=C(C)C(=O)OC(CC)[Si](O[Si](C)(C)C)(O[Si](C)(C)C)O[Si](C)(C)C.O=C1C=C(N2CC2)C(=O)C(N2CC2)=C1N1CC1. The number of nitrogens with zero attached hydrogens (tertiary/aromatic N) is 3. The van der Waals surface area contributed by atoms with Gasteiger partial charge in [0, 0.05) is 50.9 Å². The minimum Gasteiger partial charge on any atom is -0.455 e. The van der Waals surface area contributed by atoms with Crippen molar-refractivity contribution in [2.75, 3.05) is 39.3 Å². The van der Waals surface area contributed by atoms with Crippen LogP contribution >= 0.6 is 0 Å². The molecule has 0 amide bonds. The van der Waals surface area contributed by atoms with Gasteiger partial charge in [-0.05, 0) is 72.3 Å². The maximum atomic E-state index is 12.4. The maximum absolute atomic E-state index is 12.4. The van der Waals surface area contributed by atoms with Crippen LogP contribution in [0.2, 0.25) is 58.9 Å². The van der Waals surface area contributed by atoms with Crippen molar-refractivity contribution >= 4 is 51.3 Å². The van der Waals surface area contributed by atoms with E-state index in [0.717, 1.165) is 39.3 Å². The zero-order chi connectivity index (χ0) is 31.8. The van der Waals surface area contributed by atoms with Crippen LogP contribution < -0.4 is 0 Å². The predicted octanol–water partition coefficient (Wildman–Crippen LogP) is 4.10. The van der Waals surface area contributed by atoms with Crippen LogP contribution in [0.25, 0.3) is 0 Å². The Balaban J connectivity index is 0.000000243. The third kappa shape index (κ3) is 9.85. The molecule has 42 heavy (non-hydrogen) atoms. The third-order valence-corrected chi connectivity index (χ3v) is 18.3. The van der Waals surface area contributed by atoms with E-state index in [4.69, 9.17) is 17.1 Å². The smallest absolute Gasteiger partial charge is 0.455 e. The van der Waals surface area contributed by atoms with Gasteiger partial charge in [-0.3, -0.25) is 9.59 Å². The van der Waals surface area contributed by atoms with E-state index in [-0.39, 0.29) is 11.6 Å². The summed E-state index contributed by atoms with van der Waals surface area (Å²) in [5.41, 5.74) is 1.75. The van der Waals surface area contributed by atoms with Gasteiger partial charge in [0.25, 0.3) is 0 Å². The number of carbonyl (C=O) groups is 3. The van der Waals surface area contributed by atoms with Crippen molar-refractivity contribution in [3.8, 4) is 0 Å².